The number of rotatable bonds is 6. The average Bonchev–Trinajstić information content (AvgIpc) is 2.88. The van der Waals surface area contributed by atoms with Crippen LogP contribution in [0.4, 0.5) is 14.1 Å². The van der Waals surface area contributed by atoms with Crippen molar-refractivity contribution in [1.82, 2.24) is 0 Å². The minimum atomic E-state index is -9.19. The Morgan fingerprint density at radius 2 is 1.35 bits per heavy atom. The van der Waals surface area contributed by atoms with E-state index in [4.69, 9.17) is 16.3 Å². The van der Waals surface area contributed by atoms with Crippen LogP contribution in [-0.4, -0.2) is 26.9 Å². The first-order valence-electron chi connectivity index (χ1n) is 11.7. The van der Waals surface area contributed by atoms with Gasteiger partial charge in [0, 0.05) is 16.2 Å². The minimum absolute atomic E-state index is 0. The molecule has 40 heavy (non-hydrogen) atoms. The predicted molar refractivity (Wildman–Crippen MR) is 153 cm³/mol. The summed E-state index contributed by atoms with van der Waals surface area (Å²) >= 11 is -0.768. The summed E-state index contributed by atoms with van der Waals surface area (Å²) in [6, 6.07) is 30.5. The molecule has 0 bridgehead atoms. The molecule has 212 valence electrons. The first-order chi connectivity index (χ1) is 18.4. The third-order valence-corrected chi connectivity index (χ3v) is 9.05. The van der Waals surface area contributed by atoms with Gasteiger partial charge in [-0.25, -0.2) is 0 Å². The number of benzene rings is 4. The molecule has 4 aromatic carbocycles. The molecule has 1 aromatic heterocycles. The van der Waals surface area contributed by atoms with Crippen molar-refractivity contribution < 1.29 is 23.5 Å². The van der Waals surface area contributed by atoms with Crippen molar-refractivity contribution in [2.75, 3.05) is 6.61 Å². The Bertz CT molecular complexity index is 1610. The Morgan fingerprint density at radius 1 is 0.850 bits per heavy atom. The van der Waals surface area contributed by atoms with Crippen LogP contribution in [0.25, 0.3) is 20.2 Å². The van der Waals surface area contributed by atoms with Gasteiger partial charge in [0.05, 0.1) is 21.7 Å². The van der Waals surface area contributed by atoms with Gasteiger partial charge in [-0.3, -0.25) is 4.79 Å². The van der Waals surface area contributed by atoms with Crippen LogP contribution in [0.3, 0.4) is 0 Å². The summed E-state index contributed by atoms with van der Waals surface area (Å²) in [6.07, 6.45) is 0.872. The molecule has 0 atom stereocenters. The van der Waals surface area contributed by atoms with Gasteiger partial charge in [0.15, 0.2) is 21.0 Å². The molecular weight excluding hydrogens is 704 g/mol. The van der Waals surface area contributed by atoms with E-state index in [9.17, 15) is 18.9 Å². The molecule has 0 saturated carbocycles. The van der Waals surface area contributed by atoms with Gasteiger partial charge in [0.2, 0.25) is 4.90 Å². The van der Waals surface area contributed by atoms with E-state index in [-0.39, 0.29) is 10.1 Å². The van der Waals surface area contributed by atoms with Crippen LogP contribution in [0.5, 0.6) is 5.75 Å². The van der Waals surface area contributed by atoms with Crippen molar-refractivity contribution in [2.45, 2.75) is 28.0 Å². The zero-order valence-corrected chi connectivity index (χ0v) is 25.7. The number of hydrogen-bond donors (Lipinski definition) is 0. The Morgan fingerprint density at radius 3 is 1.88 bits per heavy atom. The van der Waals surface area contributed by atoms with Gasteiger partial charge in [0.25, 0.3) is 0 Å². The van der Waals surface area contributed by atoms with Crippen LogP contribution in [-0.2, 0) is 10.9 Å². The summed E-state index contributed by atoms with van der Waals surface area (Å²) < 4.78 is 57.7. The fourth-order valence-corrected chi connectivity index (χ4v) is 7.78. The van der Waals surface area contributed by atoms with E-state index in [1.54, 1.807) is 11.3 Å². The van der Waals surface area contributed by atoms with Crippen LogP contribution in [0.2, 0.25) is 5.02 Å². The topological polar surface area (TPSA) is 26.3 Å². The molecule has 12 heteroatoms. The number of hydrogen-bond acceptors (Lipinski definition) is 3. The summed E-state index contributed by atoms with van der Waals surface area (Å²) in [4.78, 5) is 16.8. The summed E-state index contributed by atoms with van der Waals surface area (Å²) in [6.45, 7) is 2.65. The molecule has 0 aliphatic carbocycles. The normalized spacial score (nSPS) is 12.2. The van der Waals surface area contributed by atoms with Gasteiger partial charge in [0.1, 0.15) is 10.9 Å². The first kappa shape index (κ1) is 32.1. The van der Waals surface area contributed by atoms with E-state index in [0.29, 0.717) is 22.4 Å². The molecule has 5 aromatic rings. The van der Waals surface area contributed by atoms with Gasteiger partial charge in [-0.05, 0) is 42.8 Å². The quantitative estimate of drug-likeness (QED) is 0.0847. The molecule has 2 nitrogen and oxygen atoms in total. The Kier molecular flexibility index (Phi) is 10.5. The van der Waals surface area contributed by atoms with Crippen molar-refractivity contribution in [1.29, 1.82) is 0 Å². The monoisotopic (exact) mass is 724 g/mol. The van der Waals surface area contributed by atoms with E-state index in [1.807, 2.05) is 42.5 Å². The summed E-state index contributed by atoms with van der Waals surface area (Å²) in [7, 11) is -0.441. The molecule has 0 N–H and O–H groups in total. The zero-order valence-electron chi connectivity index (χ0n) is 20.8. The average molecular weight is 726 g/mol. The second-order valence-electron chi connectivity index (χ2n) is 8.24. The van der Waals surface area contributed by atoms with Gasteiger partial charge in [-0.15, -0.1) is 11.3 Å². The molecule has 1 heterocycles. The van der Waals surface area contributed by atoms with Crippen molar-refractivity contribution in [2.24, 2.45) is 0 Å². The third kappa shape index (κ3) is 8.09. The molecule has 0 unspecified atom stereocenters. The third-order valence-electron chi connectivity index (χ3n) is 5.35. The molecule has 0 radical (unpaired) electrons. The molecule has 0 aliphatic heterocycles. The van der Waals surface area contributed by atoms with Crippen molar-refractivity contribution in [3.63, 3.8) is 0 Å². The second kappa shape index (κ2) is 13.1. The van der Waals surface area contributed by atoms with Gasteiger partial charge < -0.3 is 9.44 Å². The van der Waals surface area contributed by atoms with Crippen molar-refractivity contribution in [3.05, 3.63) is 106 Å². The van der Waals surface area contributed by atoms with Crippen molar-refractivity contribution in [3.8, 4) is 5.75 Å². The maximum atomic E-state index is 13.4. The van der Waals surface area contributed by atoms with E-state index >= 15 is 0 Å². The zero-order chi connectivity index (χ0) is 28.2. The maximum absolute atomic E-state index is 13.4. The Balaban J connectivity index is 0.000000570. The van der Waals surface area contributed by atoms with E-state index in [2.05, 4.69) is 55.5 Å². The number of fused-ring (bicyclic) bond motifs is 2. The molecule has 0 fully saturated rings. The standard InChI is InChI=1S/C28H22ClO2S2.6FH.Sb/c1-2-17-31-27-24(33(19-11-5-3-6-12-19)20-13-7-4-8-14-20)18-22(29)25-26(30)21-15-9-10-16-23(21)32-28(25)27;;;;;;;/h3-16,18H,2,17H2,1H3;6*1H;/q+1;;;;;;;+5/p-6. The summed E-state index contributed by atoms with van der Waals surface area (Å²) in [5, 5.41) is 1.70. The van der Waals surface area contributed by atoms with Crippen LogP contribution >= 0.6 is 22.9 Å². The Labute approximate surface area is 243 Å². The molecule has 0 saturated heterocycles. The fourth-order valence-electron chi connectivity index (χ4n) is 3.88. The van der Waals surface area contributed by atoms with Gasteiger partial charge >= 0.3 is 34.4 Å². The fraction of sp³-hybridized carbons (Fsp3) is 0.107. The molecule has 0 spiro atoms. The van der Waals surface area contributed by atoms with Gasteiger partial charge in [-0.1, -0.05) is 67.1 Å². The predicted octanol–water partition coefficient (Wildman–Crippen LogP) is 6.68. The molecular formula is C28H22ClF6O2S2Sb. The van der Waals surface area contributed by atoms with Crippen molar-refractivity contribution >= 4 is 74.3 Å². The summed E-state index contributed by atoms with van der Waals surface area (Å²) in [5.41, 5.74) is -0.0449. The van der Waals surface area contributed by atoms with Crippen LogP contribution in [0, 0.1) is 0 Å². The number of ether oxygens (including phenoxy) is 1. The van der Waals surface area contributed by atoms with E-state index in [1.165, 1.54) is 9.79 Å². The van der Waals surface area contributed by atoms with Gasteiger partial charge in [-0.2, -0.15) is 0 Å². The molecule has 0 amide bonds. The van der Waals surface area contributed by atoms with Crippen LogP contribution < -0.4 is 14.9 Å². The molecule has 5 rings (SSSR count). The Hall–Kier alpha value is -2.39. The second-order valence-corrected chi connectivity index (χ2v) is 15.3. The van der Waals surface area contributed by atoms with Crippen LogP contribution in [0.15, 0.2) is 110 Å². The number of halogens is 7. The summed E-state index contributed by atoms with van der Waals surface area (Å²) in [5.74, 6) is 0.764. The van der Waals surface area contributed by atoms with E-state index < -0.39 is 31.2 Å². The van der Waals surface area contributed by atoms with E-state index in [0.717, 1.165) is 26.5 Å². The SMILES string of the molecule is CCCOc1c([S+](c2ccccc2)c2ccccc2)cc(Cl)c2c(=O)c3ccccc3sc12.[F-].[F][Sb]([F])([F])([F])[F]. The molecule has 0 aliphatic rings. The van der Waals surface area contributed by atoms with Crippen LogP contribution in [0.1, 0.15) is 13.3 Å². The first-order valence-corrected chi connectivity index (χ1v) is 18.9.